The zero-order valence-electron chi connectivity index (χ0n) is 11.2. The van der Waals surface area contributed by atoms with Crippen LogP contribution in [0.5, 0.6) is 0 Å². The van der Waals surface area contributed by atoms with Crippen LogP contribution in [0, 0.1) is 5.92 Å². The number of anilines is 1. The highest BCUT2D eigenvalue weighted by Gasteiger charge is 2.23. The molecular formula is C14H22ClN3. The van der Waals surface area contributed by atoms with Crippen molar-refractivity contribution in [2.45, 2.75) is 45.2 Å². The molecule has 0 saturated heterocycles. The summed E-state index contributed by atoms with van der Waals surface area (Å²) in [7, 11) is 2.09. The van der Waals surface area contributed by atoms with Crippen molar-refractivity contribution in [3.8, 4) is 0 Å². The van der Waals surface area contributed by atoms with E-state index >= 15 is 0 Å². The molecule has 0 bridgehead atoms. The number of halogens is 1. The van der Waals surface area contributed by atoms with Crippen LogP contribution in [0.1, 0.15) is 38.2 Å². The van der Waals surface area contributed by atoms with Gasteiger partial charge in [0.15, 0.2) is 0 Å². The number of nitrogens with two attached hydrogens (primary N) is 1. The van der Waals surface area contributed by atoms with Gasteiger partial charge >= 0.3 is 0 Å². The quantitative estimate of drug-likeness (QED) is 0.914. The van der Waals surface area contributed by atoms with Gasteiger partial charge in [0, 0.05) is 25.8 Å². The molecule has 2 rings (SSSR count). The number of hydrogen-bond donors (Lipinski definition) is 1. The Kier molecular flexibility index (Phi) is 4.46. The van der Waals surface area contributed by atoms with Gasteiger partial charge in [-0.2, -0.15) is 0 Å². The summed E-state index contributed by atoms with van der Waals surface area (Å²) in [5.41, 5.74) is 6.57. The first kappa shape index (κ1) is 13.6. The van der Waals surface area contributed by atoms with Crippen LogP contribution >= 0.6 is 11.6 Å². The van der Waals surface area contributed by atoms with Crippen LogP contribution in [0.4, 0.5) is 5.82 Å². The summed E-state index contributed by atoms with van der Waals surface area (Å²) in [4.78, 5) is 6.69. The predicted octanol–water partition coefficient (Wildman–Crippen LogP) is 3.21. The lowest BCUT2D eigenvalue weighted by atomic mass is 9.87. The average molecular weight is 268 g/mol. The SMILES string of the molecule is CC1CCC(N(C)c2ncc(CN)cc2Cl)CC1. The third kappa shape index (κ3) is 2.96. The smallest absolute Gasteiger partial charge is 0.147 e. The first-order valence-electron chi connectivity index (χ1n) is 6.69. The van der Waals surface area contributed by atoms with Crippen LogP contribution in [0.2, 0.25) is 5.02 Å². The van der Waals surface area contributed by atoms with Gasteiger partial charge in [0.2, 0.25) is 0 Å². The molecule has 0 aliphatic heterocycles. The van der Waals surface area contributed by atoms with E-state index in [1.807, 2.05) is 12.3 Å². The number of pyridine rings is 1. The fourth-order valence-corrected chi connectivity index (χ4v) is 2.97. The molecule has 0 radical (unpaired) electrons. The maximum Gasteiger partial charge on any atom is 0.147 e. The van der Waals surface area contributed by atoms with E-state index in [4.69, 9.17) is 17.3 Å². The zero-order valence-corrected chi connectivity index (χ0v) is 12.0. The molecule has 1 saturated carbocycles. The van der Waals surface area contributed by atoms with Crippen molar-refractivity contribution < 1.29 is 0 Å². The summed E-state index contributed by atoms with van der Waals surface area (Å²) in [5, 5.41) is 0.707. The normalized spacial score (nSPS) is 24.0. The second kappa shape index (κ2) is 5.89. The van der Waals surface area contributed by atoms with E-state index in [-0.39, 0.29) is 0 Å². The number of hydrogen-bond acceptors (Lipinski definition) is 3. The highest BCUT2D eigenvalue weighted by molar-refractivity contribution is 6.33. The largest absolute Gasteiger partial charge is 0.355 e. The summed E-state index contributed by atoms with van der Waals surface area (Å²) in [6.07, 6.45) is 6.88. The maximum atomic E-state index is 6.29. The summed E-state index contributed by atoms with van der Waals surface area (Å²) >= 11 is 6.29. The Labute approximate surface area is 114 Å². The molecule has 0 atom stereocenters. The van der Waals surface area contributed by atoms with Gasteiger partial charge in [-0.3, -0.25) is 0 Å². The van der Waals surface area contributed by atoms with Gasteiger partial charge < -0.3 is 10.6 Å². The van der Waals surface area contributed by atoms with Crippen LogP contribution in [0.25, 0.3) is 0 Å². The summed E-state index contributed by atoms with van der Waals surface area (Å²) < 4.78 is 0. The number of nitrogens with zero attached hydrogens (tertiary/aromatic N) is 2. The molecule has 1 fully saturated rings. The Morgan fingerprint density at radius 3 is 2.61 bits per heavy atom. The first-order valence-corrected chi connectivity index (χ1v) is 7.07. The van der Waals surface area contributed by atoms with E-state index in [0.29, 0.717) is 17.6 Å². The van der Waals surface area contributed by atoms with Gasteiger partial charge in [0.1, 0.15) is 5.82 Å². The summed E-state index contributed by atoms with van der Waals surface area (Å²) in [6, 6.07) is 2.49. The molecular weight excluding hydrogens is 246 g/mol. The fraction of sp³-hybridized carbons (Fsp3) is 0.643. The first-order chi connectivity index (χ1) is 8.61. The van der Waals surface area contributed by atoms with E-state index in [1.54, 1.807) is 0 Å². The summed E-state index contributed by atoms with van der Waals surface area (Å²) in [6.45, 7) is 2.81. The molecule has 1 heterocycles. The van der Waals surface area contributed by atoms with Crippen LogP contribution in [0.15, 0.2) is 12.3 Å². The molecule has 4 heteroatoms. The molecule has 100 valence electrons. The highest BCUT2D eigenvalue weighted by Crippen LogP contribution is 2.31. The van der Waals surface area contributed by atoms with Gasteiger partial charge in [0.05, 0.1) is 5.02 Å². The van der Waals surface area contributed by atoms with Crippen molar-refractivity contribution in [1.82, 2.24) is 4.98 Å². The Bertz CT molecular complexity index is 400. The Hall–Kier alpha value is -0.800. The van der Waals surface area contributed by atoms with E-state index in [2.05, 4.69) is 23.9 Å². The molecule has 1 aliphatic carbocycles. The van der Waals surface area contributed by atoms with E-state index in [0.717, 1.165) is 17.3 Å². The lowest BCUT2D eigenvalue weighted by Crippen LogP contribution is -2.35. The van der Waals surface area contributed by atoms with Gasteiger partial charge in [-0.15, -0.1) is 0 Å². The van der Waals surface area contributed by atoms with Gasteiger partial charge in [-0.05, 0) is 43.2 Å². The summed E-state index contributed by atoms with van der Waals surface area (Å²) in [5.74, 6) is 1.74. The minimum Gasteiger partial charge on any atom is -0.355 e. The van der Waals surface area contributed by atoms with Crippen molar-refractivity contribution in [2.24, 2.45) is 11.7 Å². The third-order valence-corrected chi connectivity index (χ3v) is 4.26. The second-order valence-electron chi connectivity index (χ2n) is 5.38. The highest BCUT2D eigenvalue weighted by atomic mass is 35.5. The Morgan fingerprint density at radius 2 is 2.06 bits per heavy atom. The van der Waals surface area contributed by atoms with Crippen LogP contribution in [-0.2, 0) is 6.54 Å². The second-order valence-corrected chi connectivity index (χ2v) is 5.78. The lowest BCUT2D eigenvalue weighted by Gasteiger charge is -2.34. The van der Waals surface area contributed by atoms with Crippen molar-refractivity contribution in [3.05, 3.63) is 22.8 Å². The van der Waals surface area contributed by atoms with Crippen molar-refractivity contribution in [3.63, 3.8) is 0 Å². The van der Waals surface area contributed by atoms with Crippen LogP contribution in [-0.4, -0.2) is 18.1 Å². The van der Waals surface area contributed by atoms with Gasteiger partial charge in [-0.25, -0.2) is 4.98 Å². The third-order valence-electron chi connectivity index (χ3n) is 3.98. The lowest BCUT2D eigenvalue weighted by molar-refractivity contribution is 0.340. The molecule has 3 nitrogen and oxygen atoms in total. The molecule has 0 unspecified atom stereocenters. The van der Waals surface area contributed by atoms with Crippen LogP contribution < -0.4 is 10.6 Å². The van der Waals surface area contributed by atoms with Crippen LogP contribution in [0.3, 0.4) is 0 Å². The van der Waals surface area contributed by atoms with Gasteiger partial charge in [0.25, 0.3) is 0 Å². The van der Waals surface area contributed by atoms with Crippen molar-refractivity contribution in [1.29, 1.82) is 0 Å². The molecule has 1 aromatic rings. The Morgan fingerprint density at radius 1 is 1.39 bits per heavy atom. The Balaban J connectivity index is 2.11. The average Bonchev–Trinajstić information content (AvgIpc) is 2.38. The number of rotatable bonds is 3. The molecule has 1 aromatic heterocycles. The predicted molar refractivity (Wildman–Crippen MR) is 77.0 cm³/mol. The monoisotopic (exact) mass is 267 g/mol. The number of aromatic nitrogens is 1. The van der Waals surface area contributed by atoms with Crippen molar-refractivity contribution in [2.75, 3.05) is 11.9 Å². The molecule has 0 amide bonds. The minimum absolute atomic E-state index is 0.484. The zero-order chi connectivity index (χ0) is 13.1. The standard InChI is InChI=1S/C14H22ClN3/c1-10-3-5-12(6-4-10)18(2)14-13(15)7-11(8-16)9-17-14/h7,9-10,12H,3-6,8,16H2,1-2H3. The minimum atomic E-state index is 0.484. The molecule has 0 aromatic carbocycles. The molecule has 18 heavy (non-hydrogen) atoms. The molecule has 1 aliphatic rings. The van der Waals surface area contributed by atoms with Crippen molar-refractivity contribution >= 4 is 17.4 Å². The van der Waals surface area contributed by atoms with Gasteiger partial charge in [-0.1, -0.05) is 18.5 Å². The fourth-order valence-electron chi connectivity index (χ4n) is 2.64. The maximum absolute atomic E-state index is 6.29. The molecule has 0 spiro atoms. The molecule has 2 N–H and O–H groups in total. The van der Waals surface area contributed by atoms with E-state index < -0.39 is 0 Å². The van der Waals surface area contributed by atoms with E-state index in [9.17, 15) is 0 Å². The topological polar surface area (TPSA) is 42.2 Å². The van der Waals surface area contributed by atoms with E-state index in [1.165, 1.54) is 25.7 Å².